The Morgan fingerprint density at radius 2 is 1.97 bits per heavy atom. The van der Waals surface area contributed by atoms with Crippen molar-refractivity contribution in [3.8, 4) is 0 Å². The van der Waals surface area contributed by atoms with Crippen LogP contribution in [0.1, 0.15) is 43.5 Å². The molecular weight excluding hydrogens is 441 g/mol. The summed E-state index contributed by atoms with van der Waals surface area (Å²) in [7, 11) is 4.13. The van der Waals surface area contributed by atoms with E-state index in [0.717, 1.165) is 37.8 Å². The van der Waals surface area contributed by atoms with Crippen LogP contribution in [-0.4, -0.2) is 54.7 Å². The fourth-order valence-electron chi connectivity index (χ4n) is 4.48. The summed E-state index contributed by atoms with van der Waals surface area (Å²) in [6, 6.07) is 7.83. The molecule has 2 atom stereocenters. The Morgan fingerprint density at radius 3 is 2.62 bits per heavy atom. The van der Waals surface area contributed by atoms with Crippen LogP contribution in [0.4, 0.5) is 18.9 Å². The molecule has 2 aliphatic rings. The number of halogens is 3. The molecule has 1 heterocycles. The van der Waals surface area contributed by atoms with Crippen LogP contribution in [0.15, 0.2) is 36.9 Å². The maximum atomic E-state index is 13.6. The summed E-state index contributed by atoms with van der Waals surface area (Å²) in [4.78, 5) is 18.3. The van der Waals surface area contributed by atoms with Gasteiger partial charge in [-0.25, -0.2) is 4.98 Å². The van der Waals surface area contributed by atoms with Crippen molar-refractivity contribution in [3.05, 3.63) is 48.3 Å². The average Bonchev–Trinajstić information content (AvgIpc) is 3.53. The Labute approximate surface area is 198 Å². The number of hydrogen-bond acceptors (Lipinski definition) is 4. The number of nitrogens with zero attached hydrogens (tertiary/aromatic N) is 2. The van der Waals surface area contributed by atoms with Crippen molar-refractivity contribution in [2.24, 2.45) is 5.92 Å². The van der Waals surface area contributed by atoms with Gasteiger partial charge in [0.2, 0.25) is 5.91 Å². The first kappa shape index (κ1) is 24.3. The van der Waals surface area contributed by atoms with Gasteiger partial charge in [0.05, 0.1) is 17.0 Å². The van der Waals surface area contributed by atoms with Crippen LogP contribution in [0, 0.1) is 5.92 Å². The van der Waals surface area contributed by atoms with E-state index < -0.39 is 11.7 Å². The normalized spacial score (nSPS) is 20.9. The molecule has 2 fully saturated rings. The van der Waals surface area contributed by atoms with E-state index in [9.17, 15) is 18.0 Å². The molecule has 34 heavy (non-hydrogen) atoms. The van der Waals surface area contributed by atoms with Gasteiger partial charge >= 0.3 is 6.18 Å². The van der Waals surface area contributed by atoms with E-state index in [4.69, 9.17) is 0 Å². The molecule has 2 aromatic rings. The lowest BCUT2D eigenvalue weighted by molar-refractivity contribution is -0.122. The second-order valence-corrected chi connectivity index (χ2v) is 9.47. The summed E-state index contributed by atoms with van der Waals surface area (Å²) < 4.78 is 40.8. The molecule has 0 bridgehead atoms. The van der Waals surface area contributed by atoms with Crippen molar-refractivity contribution in [3.63, 3.8) is 0 Å². The number of nitrogens with one attached hydrogen (secondary N) is 2. The first-order valence-corrected chi connectivity index (χ1v) is 11.7. The van der Waals surface area contributed by atoms with Crippen LogP contribution >= 0.6 is 0 Å². The molecule has 4 rings (SSSR count). The lowest BCUT2D eigenvalue weighted by Crippen LogP contribution is -2.27. The molecule has 1 aromatic heterocycles. The summed E-state index contributed by atoms with van der Waals surface area (Å²) in [6.45, 7) is 3.61. The minimum atomic E-state index is -4.59. The molecule has 0 aliphatic heterocycles. The highest BCUT2D eigenvalue weighted by atomic mass is 19.4. The Kier molecular flexibility index (Phi) is 6.98. The van der Waals surface area contributed by atoms with Crippen LogP contribution in [0.25, 0.3) is 22.4 Å². The van der Waals surface area contributed by atoms with E-state index in [2.05, 4.69) is 41.2 Å². The predicted molar refractivity (Wildman–Crippen MR) is 130 cm³/mol. The fourth-order valence-corrected chi connectivity index (χ4v) is 4.48. The quantitative estimate of drug-likeness (QED) is 0.552. The zero-order chi connectivity index (χ0) is 24.5. The Bertz CT molecular complexity index is 1110. The largest absolute Gasteiger partial charge is 0.417 e. The maximum absolute atomic E-state index is 13.6. The number of carbonyl (C=O) groups is 1. The first-order valence-electron chi connectivity index (χ1n) is 11.7. The van der Waals surface area contributed by atoms with Gasteiger partial charge in [-0.05, 0) is 64.4 Å². The molecule has 0 radical (unpaired) electrons. The van der Waals surface area contributed by atoms with Crippen molar-refractivity contribution in [1.29, 1.82) is 0 Å². The molecule has 2 aliphatic carbocycles. The Morgan fingerprint density at radius 1 is 1.21 bits per heavy atom. The van der Waals surface area contributed by atoms with Gasteiger partial charge in [-0.3, -0.25) is 4.79 Å². The van der Waals surface area contributed by atoms with Crippen molar-refractivity contribution >= 4 is 34.0 Å². The van der Waals surface area contributed by atoms with Gasteiger partial charge in [-0.1, -0.05) is 24.8 Å². The summed E-state index contributed by atoms with van der Waals surface area (Å²) in [6.07, 6.45) is 3.65. The summed E-state index contributed by atoms with van der Waals surface area (Å²) in [5.41, 5.74) is 0.0333. The SMILES string of the molecule is C=C(c1nc(/C=C/CNC(=O)C2CC2)cc2c(N[C@@H]3CC[C@@H](N(C)C)C3)cccc12)C(F)(F)F. The number of pyridine rings is 1. The monoisotopic (exact) mass is 472 g/mol. The smallest absolute Gasteiger partial charge is 0.382 e. The average molecular weight is 473 g/mol. The number of rotatable bonds is 8. The lowest BCUT2D eigenvalue weighted by atomic mass is 10.0. The van der Waals surface area contributed by atoms with Crippen molar-refractivity contribution in [2.75, 3.05) is 26.0 Å². The minimum Gasteiger partial charge on any atom is -0.382 e. The van der Waals surface area contributed by atoms with Crippen molar-refractivity contribution in [2.45, 2.75) is 50.4 Å². The van der Waals surface area contributed by atoms with Crippen molar-refractivity contribution < 1.29 is 18.0 Å². The number of hydrogen-bond donors (Lipinski definition) is 2. The molecule has 2 N–H and O–H groups in total. The van der Waals surface area contributed by atoms with Crippen molar-refractivity contribution in [1.82, 2.24) is 15.2 Å². The molecule has 1 aromatic carbocycles. The highest BCUT2D eigenvalue weighted by molar-refractivity contribution is 6.00. The third kappa shape index (κ3) is 5.60. The van der Waals surface area contributed by atoms with Crippen LogP contribution < -0.4 is 10.6 Å². The third-order valence-corrected chi connectivity index (χ3v) is 6.65. The van der Waals surface area contributed by atoms with Gasteiger partial charge in [-0.15, -0.1) is 0 Å². The van der Waals surface area contributed by atoms with Gasteiger partial charge in [0.15, 0.2) is 0 Å². The fraction of sp³-hybridized carbons (Fsp3) is 0.462. The van der Waals surface area contributed by atoms with E-state index in [0.29, 0.717) is 29.1 Å². The van der Waals surface area contributed by atoms with Gasteiger partial charge < -0.3 is 15.5 Å². The predicted octanol–water partition coefficient (Wildman–Crippen LogP) is 5.24. The van der Waals surface area contributed by atoms with E-state index in [-0.39, 0.29) is 23.6 Å². The molecule has 0 unspecified atom stereocenters. The topological polar surface area (TPSA) is 57.3 Å². The highest BCUT2D eigenvalue weighted by Crippen LogP contribution is 2.38. The number of allylic oxidation sites excluding steroid dienone is 1. The number of aromatic nitrogens is 1. The number of carbonyl (C=O) groups excluding carboxylic acids is 1. The zero-order valence-electron chi connectivity index (χ0n) is 19.6. The van der Waals surface area contributed by atoms with Crippen LogP contribution in [0.2, 0.25) is 0 Å². The molecule has 8 heteroatoms. The summed E-state index contributed by atoms with van der Waals surface area (Å²) in [5, 5.41) is 7.46. The van der Waals surface area contributed by atoms with Crippen LogP contribution in [0.5, 0.6) is 0 Å². The second-order valence-electron chi connectivity index (χ2n) is 9.47. The zero-order valence-corrected chi connectivity index (χ0v) is 19.6. The third-order valence-electron chi connectivity index (χ3n) is 6.65. The minimum absolute atomic E-state index is 0.0151. The highest BCUT2D eigenvalue weighted by Gasteiger charge is 2.35. The lowest BCUT2D eigenvalue weighted by Gasteiger charge is -2.21. The number of anilines is 1. The molecule has 5 nitrogen and oxygen atoms in total. The number of benzene rings is 1. The van der Waals surface area contributed by atoms with Crippen LogP contribution in [0.3, 0.4) is 0 Å². The van der Waals surface area contributed by atoms with E-state index in [1.165, 1.54) is 0 Å². The number of amides is 1. The second kappa shape index (κ2) is 9.78. The number of alkyl halides is 3. The van der Waals surface area contributed by atoms with Gasteiger partial charge in [0, 0.05) is 41.0 Å². The standard InChI is InChI=1S/C26H31F3N4O/c1-16(26(27,28)29)24-21-7-4-8-23(31-19-11-12-20(14-19)33(2)3)22(21)15-18(32-24)6-5-13-30-25(34)17-9-10-17/h4-8,15,17,19-20,31H,1,9-14H2,2-3H3,(H,30,34)/b6-5+/t19-,20-/m1/s1. The molecule has 182 valence electrons. The number of fused-ring (bicyclic) bond motifs is 1. The van der Waals surface area contributed by atoms with Gasteiger partial charge in [0.25, 0.3) is 0 Å². The van der Waals surface area contributed by atoms with Gasteiger partial charge in [0.1, 0.15) is 0 Å². The maximum Gasteiger partial charge on any atom is 0.417 e. The summed E-state index contributed by atoms with van der Waals surface area (Å²) >= 11 is 0. The first-order chi connectivity index (χ1) is 16.1. The molecular formula is C26H31F3N4O. The van der Waals surface area contributed by atoms with E-state index in [1.54, 1.807) is 30.4 Å². The molecule has 1 amide bonds. The van der Waals surface area contributed by atoms with E-state index >= 15 is 0 Å². The Balaban J connectivity index is 1.64. The van der Waals surface area contributed by atoms with Gasteiger partial charge in [-0.2, -0.15) is 13.2 Å². The Hall–Kier alpha value is -2.87. The summed E-state index contributed by atoms with van der Waals surface area (Å²) in [5.74, 6) is 0.117. The van der Waals surface area contributed by atoms with Crippen LogP contribution in [-0.2, 0) is 4.79 Å². The van der Waals surface area contributed by atoms with E-state index in [1.807, 2.05) is 6.07 Å². The molecule has 0 saturated heterocycles. The molecule has 0 spiro atoms. The molecule has 2 saturated carbocycles.